The van der Waals surface area contributed by atoms with Gasteiger partial charge < -0.3 is 33.5 Å². The van der Waals surface area contributed by atoms with Crippen LogP contribution in [-0.2, 0) is 0 Å². The van der Waals surface area contributed by atoms with Crippen LogP contribution >= 0.6 is 11.6 Å². The van der Waals surface area contributed by atoms with E-state index in [-0.39, 0.29) is 6.79 Å². The van der Waals surface area contributed by atoms with Gasteiger partial charge in [-0.05, 0) is 19.5 Å². The number of hydrogen-bond donors (Lipinski definition) is 0. The number of piperazine rings is 1. The van der Waals surface area contributed by atoms with Gasteiger partial charge in [-0.25, -0.2) is 9.97 Å². The molecule has 2 aliphatic rings. The molecule has 3 aromatic rings. The van der Waals surface area contributed by atoms with E-state index in [4.69, 9.17) is 35.3 Å². The van der Waals surface area contributed by atoms with Crippen molar-refractivity contribution < 1.29 is 23.7 Å². The predicted molar refractivity (Wildman–Crippen MR) is 128 cm³/mol. The van der Waals surface area contributed by atoms with Crippen molar-refractivity contribution in [3.63, 3.8) is 0 Å². The van der Waals surface area contributed by atoms with Gasteiger partial charge in [-0.15, -0.1) is 0 Å². The van der Waals surface area contributed by atoms with Crippen molar-refractivity contribution in [2.75, 3.05) is 60.3 Å². The predicted octanol–water partition coefficient (Wildman–Crippen LogP) is 3.83. The molecule has 0 bridgehead atoms. The molecule has 1 saturated heterocycles. The van der Waals surface area contributed by atoms with Crippen molar-refractivity contribution >= 4 is 22.5 Å². The minimum absolute atomic E-state index is 0.111. The van der Waals surface area contributed by atoms with Gasteiger partial charge >= 0.3 is 0 Å². The number of rotatable bonds is 8. The van der Waals surface area contributed by atoms with Gasteiger partial charge in [-0.2, -0.15) is 0 Å². The van der Waals surface area contributed by atoms with E-state index in [0.717, 1.165) is 39.1 Å². The van der Waals surface area contributed by atoms with Gasteiger partial charge in [0.25, 0.3) is 0 Å². The number of nitrogens with zero attached hydrogens (tertiary/aromatic N) is 4. The fourth-order valence-corrected chi connectivity index (χ4v) is 4.26. The van der Waals surface area contributed by atoms with Crippen LogP contribution in [0.4, 0.5) is 0 Å². The molecule has 1 aromatic heterocycles. The standard InChI is InChI=1S/C24H27ClN4O5/c1-28-5-7-29(8-6-28)4-3-9-31-20-13-18-17(12-19(20)30-2)24(27-14-26-18)34-22-11-16(25)10-21-23(22)33-15-32-21/h10-14H,3-9,15H2,1-2H3. The SMILES string of the molecule is COc1cc2c(Oc3cc(Cl)cc4c3OCO4)ncnc2cc1OCCCN1CCN(C)CC1. The molecule has 0 spiro atoms. The molecular weight excluding hydrogens is 460 g/mol. The summed E-state index contributed by atoms with van der Waals surface area (Å²) in [5, 5.41) is 1.15. The third-order valence-electron chi connectivity index (χ3n) is 5.97. The second kappa shape index (κ2) is 10.1. The number of methoxy groups -OCH3 is 1. The lowest BCUT2D eigenvalue weighted by Crippen LogP contribution is -2.44. The Bertz CT molecular complexity index is 1170. The van der Waals surface area contributed by atoms with Crippen molar-refractivity contribution in [1.82, 2.24) is 19.8 Å². The molecule has 0 unspecified atom stereocenters. The molecule has 0 aliphatic carbocycles. The Morgan fingerprint density at radius 2 is 1.85 bits per heavy atom. The van der Waals surface area contributed by atoms with Crippen LogP contribution in [0.25, 0.3) is 10.9 Å². The second-order valence-electron chi connectivity index (χ2n) is 8.29. The van der Waals surface area contributed by atoms with Crippen molar-refractivity contribution in [3.05, 3.63) is 35.6 Å². The lowest BCUT2D eigenvalue weighted by atomic mass is 10.2. The Balaban J connectivity index is 1.31. The summed E-state index contributed by atoms with van der Waals surface area (Å²) in [6.45, 7) is 6.14. The molecule has 180 valence electrons. The summed E-state index contributed by atoms with van der Waals surface area (Å²) in [7, 11) is 3.77. The number of ether oxygens (including phenoxy) is 5. The Morgan fingerprint density at radius 3 is 2.68 bits per heavy atom. The largest absolute Gasteiger partial charge is 0.493 e. The van der Waals surface area contributed by atoms with Crippen molar-refractivity contribution in [1.29, 1.82) is 0 Å². The van der Waals surface area contributed by atoms with Crippen LogP contribution in [0.1, 0.15) is 6.42 Å². The molecule has 2 aromatic carbocycles. The van der Waals surface area contributed by atoms with E-state index < -0.39 is 0 Å². The first-order chi connectivity index (χ1) is 16.6. The summed E-state index contributed by atoms with van der Waals surface area (Å²) in [4.78, 5) is 13.5. The summed E-state index contributed by atoms with van der Waals surface area (Å²) in [5.41, 5.74) is 0.677. The fourth-order valence-electron chi connectivity index (χ4n) is 4.06. The van der Waals surface area contributed by atoms with Crippen LogP contribution in [0.2, 0.25) is 5.02 Å². The van der Waals surface area contributed by atoms with Gasteiger partial charge in [0, 0.05) is 55.9 Å². The number of benzene rings is 2. The van der Waals surface area contributed by atoms with E-state index in [2.05, 4.69) is 26.8 Å². The zero-order valence-electron chi connectivity index (χ0n) is 19.3. The van der Waals surface area contributed by atoms with E-state index in [1.54, 1.807) is 19.2 Å². The summed E-state index contributed by atoms with van der Waals surface area (Å²) in [6.07, 6.45) is 2.38. The second-order valence-corrected chi connectivity index (χ2v) is 8.72. The zero-order chi connectivity index (χ0) is 23.5. The highest BCUT2D eigenvalue weighted by Crippen LogP contribution is 2.45. The van der Waals surface area contributed by atoms with Crippen molar-refractivity contribution in [3.8, 4) is 34.6 Å². The molecule has 9 nitrogen and oxygen atoms in total. The van der Waals surface area contributed by atoms with E-state index in [0.29, 0.717) is 57.2 Å². The average Bonchev–Trinajstić information content (AvgIpc) is 3.31. The van der Waals surface area contributed by atoms with Gasteiger partial charge in [0.05, 0.1) is 24.6 Å². The van der Waals surface area contributed by atoms with Crippen molar-refractivity contribution in [2.45, 2.75) is 6.42 Å². The van der Waals surface area contributed by atoms with Crippen LogP contribution in [0.3, 0.4) is 0 Å². The van der Waals surface area contributed by atoms with E-state index in [1.807, 2.05) is 12.1 Å². The van der Waals surface area contributed by atoms with Crippen molar-refractivity contribution in [2.24, 2.45) is 0 Å². The normalized spacial score (nSPS) is 16.1. The molecule has 5 rings (SSSR count). The molecule has 0 atom stereocenters. The van der Waals surface area contributed by atoms with Crippen LogP contribution in [0, 0.1) is 0 Å². The number of fused-ring (bicyclic) bond motifs is 2. The zero-order valence-corrected chi connectivity index (χ0v) is 20.0. The summed E-state index contributed by atoms with van der Waals surface area (Å²) in [5.74, 6) is 3.02. The quantitative estimate of drug-likeness (QED) is 0.441. The summed E-state index contributed by atoms with van der Waals surface area (Å²) < 4.78 is 28.7. The van der Waals surface area contributed by atoms with Crippen LogP contribution in [-0.4, -0.2) is 80.0 Å². The molecule has 34 heavy (non-hydrogen) atoms. The minimum atomic E-state index is 0.111. The molecule has 3 heterocycles. The Labute approximate surface area is 203 Å². The topological polar surface area (TPSA) is 78.4 Å². The van der Waals surface area contributed by atoms with E-state index in [9.17, 15) is 0 Å². The fraction of sp³-hybridized carbons (Fsp3) is 0.417. The molecular formula is C24H27ClN4O5. The first-order valence-electron chi connectivity index (χ1n) is 11.2. The van der Waals surface area contributed by atoms with Gasteiger partial charge in [-0.1, -0.05) is 11.6 Å². The highest BCUT2D eigenvalue weighted by Gasteiger charge is 2.22. The summed E-state index contributed by atoms with van der Waals surface area (Å²) in [6, 6.07) is 7.02. The molecule has 0 amide bonds. The highest BCUT2D eigenvalue weighted by molar-refractivity contribution is 6.31. The molecule has 0 saturated carbocycles. The van der Waals surface area contributed by atoms with Gasteiger partial charge in [0.1, 0.15) is 6.33 Å². The third kappa shape index (κ3) is 4.91. The molecule has 1 fully saturated rings. The average molecular weight is 487 g/mol. The maximum Gasteiger partial charge on any atom is 0.231 e. The molecule has 0 N–H and O–H groups in total. The minimum Gasteiger partial charge on any atom is -0.493 e. The summed E-state index contributed by atoms with van der Waals surface area (Å²) >= 11 is 6.21. The van der Waals surface area contributed by atoms with Crippen LogP contribution in [0.15, 0.2) is 30.6 Å². The Hall–Kier alpha value is -3.01. The Morgan fingerprint density at radius 1 is 1.00 bits per heavy atom. The van der Waals surface area contributed by atoms with E-state index >= 15 is 0 Å². The lowest BCUT2D eigenvalue weighted by Gasteiger charge is -2.32. The monoisotopic (exact) mass is 486 g/mol. The maximum absolute atomic E-state index is 6.21. The van der Waals surface area contributed by atoms with Crippen LogP contribution < -0.4 is 23.7 Å². The number of likely N-dealkylation sites (N-methyl/N-ethyl adjacent to an activating group) is 1. The van der Waals surface area contributed by atoms with Gasteiger partial charge in [0.15, 0.2) is 23.0 Å². The Kier molecular flexibility index (Phi) is 6.75. The van der Waals surface area contributed by atoms with Gasteiger partial charge in [0.2, 0.25) is 18.4 Å². The highest BCUT2D eigenvalue weighted by atomic mass is 35.5. The maximum atomic E-state index is 6.21. The number of aromatic nitrogens is 2. The number of hydrogen-bond acceptors (Lipinski definition) is 9. The molecule has 0 radical (unpaired) electrons. The number of halogens is 1. The molecule has 10 heteroatoms. The first kappa shape index (κ1) is 22.8. The third-order valence-corrected chi connectivity index (χ3v) is 6.18. The van der Waals surface area contributed by atoms with Gasteiger partial charge in [-0.3, -0.25) is 0 Å². The molecule has 2 aliphatic heterocycles. The smallest absolute Gasteiger partial charge is 0.231 e. The first-order valence-corrected chi connectivity index (χ1v) is 11.6. The van der Waals surface area contributed by atoms with E-state index in [1.165, 1.54) is 6.33 Å². The van der Waals surface area contributed by atoms with Crippen LogP contribution in [0.5, 0.6) is 34.6 Å². The lowest BCUT2D eigenvalue weighted by molar-refractivity contribution is 0.145.